The average Bonchev–Trinajstić information content (AvgIpc) is 1.73. The zero-order valence-corrected chi connectivity index (χ0v) is 62.2. The predicted molar refractivity (Wildman–Crippen MR) is 397 cm³/mol. The van der Waals surface area contributed by atoms with Gasteiger partial charge in [-0.1, -0.05) is 234 Å². The average molecular weight is 1460 g/mol. The van der Waals surface area contributed by atoms with Crippen LogP contribution in [0.1, 0.15) is 188 Å². The Morgan fingerprint density at radius 2 is 0.649 bits per heavy atom. The molecular weight excluding hydrogens is 1360 g/mol. The van der Waals surface area contributed by atoms with Gasteiger partial charge in [0, 0.05) is 18.6 Å². The van der Waals surface area contributed by atoms with Gasteiger partial charge in [-0.2, -0.15) is 0 Å². The van der Waals surface area contributed by atoms with Crippen LogP contribution in [0.2, 0.25) is 0 Å². The summed E-state index contributed by atoms with van der Waals surface area (Å²) in [4.78, 5) is 14.9. The molecule has 2 saturated heterocycles. The molecule has 0 amide bonds. The van der Waals surface area contributed by atoms with Crippen molar-refractivity contribution in [3.63, 3.8) is 0 Å². The van der Waals surface area contributed by atoms with Gasteiger partial charge in [0.1, 0.15) is 0 Å². The Bertz CT molecular complexity index is 4310. The van der Waals surface area contributed by atoms with E-state index >= 15 is 0 Å². The second-order valence-corrected chi connectivity index (χ2v) is 32.2. The molecule has 7 aromatic carbocycles. The molecule has 2 atom stereocenters. The van der Waals surface area contributed by atoms with E-state index in [1.165, 1.54) is 38.9 Å². The van der Waals surface area contributed by atoms with Gasteiger partial charge in [-0.25, -0.2) is 0 Å². The van der Waals surface area contributed by atoms with Crippen molar-refractivity contribution in [1.82, 2.24) is 15.0 Å². The van der Waals surface area contributed by atoms with Crippen LogP contribution in [0.3, 0.4) is 0 Å². The van der Waals surface area contributed by atoms with Crippen molar-refractivity contribution >= 4 is 25.2 Å². The van der Waals surface area contributed by atoms with Crippen LogP contribution in [-0.2, 0) is 55.0 Å². The second-order valence-electron chi connectivity index (χ2n) is 32.2. The summed E-state index contributed by atoms with van der Waals surface area (Å²) in [6.07, 6.45) is 8.47. The van der Waals surface area contributed by atoms with Crippen molar-refractivity contribution in [2.75, 3.05) is 0 Å². The topological polar surface area (TPSA) is 75.6 Å². The Labute approximate surface area is 592 Å². The fraction of sp³-hybridized carbons (Fsp3) is 0.345. The summed E-state index contributed by atoms with van der Waals surface area (Å²) < 4.78 is 28.2. The van der Waals surface area contributed by atoms with Crippen molar-refractivity contribution in [2.45, 2.75) is 193 Å². The number of aromatic nitrogens is 3. The van der Waals surface area contributed by atoms with Gasteiger partial charge in [0.2, 0.25) is 0 Å². The molecule has 1 aliphatic carbocycles. The molecule has 0 bridgehead atoms. The Hall–Kier alpha value is -7.39. The molecular formula is C87H92B2IrN3O4. The Morgan fingerprint density at radius 1 is 0.351 bits per heavy atom. The summed E-state index contributed by atoms with van der Waals surface area (Å²) in [7, 11) is -1.30. The molecule has 0 N–H and O–H groups in total. The number of benzene rings is 7. The zero-order chi connectivity index (χ0) is 67.9. The van der Waals surface area contributed by atoms with E-state index in [9.17, 15) is 0 Å². The van der Waals surface area contributed by atoms with Gasteiger partial charge in [0.15, 0.2) is 0 Å². The van der Waals surface area contributed by atoms with Crippen LogP contribution < -0.4 is 10.9 Å². The SMILES string of the molecule is CC(C)(C)c1ccnc(-c2[c-]cc(-c3ccccc3C3CC(c4ccccc4-c4c[c-]c(-c5cc(C(C)(C)C)ccn5)cc4B4OC(C)(C)C(C)(C)O4)CC(c4ccccc4-c4c[c-]c(-c5cc(C(C)(C)C)ccn5)cc4-c4ccccc4)C3)c(B3OC(C)(C)C(C)(C)O3)c2)c1.[Ir+3]. The van der Waals surface area contributed by atoms with Crippen molar-refractivity contribution in [3.8, 4) is 78.3 Å². The standard InChI is InChI=1S/C87H92B2N3O4.Ir/c1-81(2,3)63-41-44-90-78(53-63)57-35-38-72(75(50-57)56-27-19-18-20-28-56)69-32-24-21-29-66(69)60-47-61(67-30-22-25-33-70(67)73-39-36-58(79-54-64(42-45-91-79)82(4,5)6)51-76(73)88-93-84(10,11)85(12,13)94-88)49-62(48-60)68-31-23-26-34-71(68)74-40-37-59(80-55-65(43-46-92-80)83(7,8)9)52-77(74)89-95-86(14,15)87(16,17)96-89;/h18-34,38-46,50-55,60-62H,47-49H2,1-17H3;/q-3;+3. The fourth-order valence-corrected chi connectivity index (χ4v) is 14.3. The Kier molecular flexibility index (Phi) is 18.9. The smallest absolute Gasteiger partial charge is 0.400 e. The monoisotopic (exact) mass is 1460 g/mol. The first-order valence-electron chi connectivity index (χ1n) is 34.6. The third kappa shape index (κ3) is 13.9. The van der Waals surface area contributed by atoms with Gasteiger partial charge < -0.3 is 33.6 Å². The minimum Gasteiger partial charge on any atom is -0.400 e. The summed E-state index contributed by atoms with van der Waals surface area (Å²) in [6, 6.07) is 75.9. The molecule has 10 aromatic rings. The van der Waals surface area contributed by atoms with Crippen LogP contribution in [0.4, 0.5) is 0 Å². The molecule has 0 spiro atoms. The number of pyridine rings is 3. The van der Waals surface area contributed by atoms with E-state index in [-0.39, 0.29) is 54.1 Å². The molecule has 2 aliphatic heterocycles. The van der Waals surface area contributed by atoms with E-state index in [1.54, 1.807) is 0 Å². The maximum absolute atomic E-state index is 7.05. The van der Waals surface area contributed by atoms with E-state index in [0.717, 1.165) is 103 Å². The molecule has 494 valence electrons. The molecule has 1 saturated carbocycles. The van der Waals surface area contributed by atoms with Gasteiger partial charge >= 0.3 is 34.3 Å². The summed E-state index contributed by atoms with van der Waals surface area (Å²) in [5, 5.41) is 0. The summed E-state index contributed by atoms with van der Waals surface area (Å²) >= 11 is 0. The molecule has 0 radical (unpaired) electrons. The van der Waals surface area contributed by atoms with Gasteiger partial charge in [0.25, 0.3) is 0 Å². The predicted octanol–water partition coefficient (Wildman–Crippen LogP) is 20.3. The molecule has 13 rings (SSSR count). The van der Waals surface area contributed by atoms with Gasteiger partial charge in [-0.15, -0.1) is 71.3 Å². The van der Waals surface area contributed by atoms with Crippen LogP contribution >= 0.6 is 0 Å². The van der Waals surface area contributed by atoms with Crippen molar-refractivity contribution in [3.05, 3.63) is 246 Å². The first kappa shape index (κ1) is 69.5. The van der Waals surface area contributed by atoms with Crippen LogP contribution in [0, 0.1) is 18.2 Å². The molecule has 7 nitrogen and oxygen atoms in total. The molecule has 3 aliphatic rings. The van der Waals surface area contributed by atoms with Crippen LogP contribution in [0.5, 0.6) is 0 Å². The van der Waals surface area contributed by atoms with Crippen LogP contribution in [-0.4, -0.2) is 51.6 Å². The number of hydrogen-bond donors (Lipinski definition) is 0. The first-order valence-corrected chi connectivity index (χ1v) is 34.6. The maximum Gasteiger partial charge on any atom is 3.00 e. The fourth-order valence-electron chi connectivity index (χ4n) is 14.3. The Morgan fingerprint density at radius 3 is 0.990 bits per heavy atom. The summed E-state index contributed by atoms with van der Waals surface area (Å²) in [5.74, 6) is 0.279. The van der Waals surface area contributed by atoms with Crippen molar-refractivity contribution in [2.24, 2.45) is 0 Å². The van der Waals surface area contributed by atoms with Gasteiger partial charge in [-0.3, -0.25) is 0 Å². The number of rotatable bonds is 12. The minimum atomic E-state index is -0.650. The molecule has 3 fully saturated rings. The second kappa shape index (κ2) is 26.4. The third-order valence-electron chi connectivity index (χ3n) is 21.5. The molecule has 10 heteroatoms. The largest absolute Gasteiger partial charge is 3.00 e. The van der Waals surface area contributed by atoms with E-state index in [4.69, 9.17) is 33.6 Å². The number of nitrogens with zero attached hydrogens (tertiary/aromatic N) is 3. The van der Waals surface area contributed by atoms with E-state index in [0.29, 0.717) is 0 Å². The molecule has 2 unspecified atom stereocenters. The normalized spacial score (nSPS) is 19.0. The number of hydrogen-bond acceptors (Lipinski definition) is 7. The van der Waals surface area contributed by atoms with Crippen molar-refractivity contribution < 1.29 is 38.7 Å². The summed E-state index contributed by atoms with van der Waals surface area (Å²) in [6.45, 7) is 37.3. The van der Waals surface area contributed by atoms with Gasteiger partial charge in [0.05, 0.1) is 22.4 Å². The zero-order valence-electron chi connectivity index (χ0n) is 59.8. The van der Waals surface area contributed by atoms with Crippen LogP contribution in [0.25, 0.3) is 78.3 Å². The van der Waals surface area contributed by atoms with E-state index in [1.807, 2.05) is 18.6 Å². The van der Waals surface area contributed by atoms with Crippen molar-refractivity contribution in [1.29, 1.82) is 0 Å². The molecule has 97 heavy (non-hydrogen) atoms. The third-order valence-corrected chi connectivity index (χ3v) is 21.5. The maximum atomic E-state index is 7.05. The van der Waals surface area contributed by atoms with Gasteiger partial charge in [-0.05, 0) is 183 Å². The molecule has 3 aromatic heterocycles. The van der Waals surface area contributed by atoms with Crippen LogP contribution in [0.15, 0.2) is 195 Å². The van der Waals surface area contributed by atoms with E-state index < -0.39 is 36.6 Å². The Balaban J connectivity index is 0.00000897. The van der Waals surface area contributed by atoms with E-state index in [2.05, 4.69) is 312 Å². The first-order chi connectivity index (χ1) is 45.4. The summed E-state index contributed by atoms with van der Waals surface area (Å²) in [5.41, 5.74) is 21.3. The quantitative estimate of drug-likeness (QED) is 0.0891. The minimum absolute atomic E-state index is 0. The molecule has 5 heterocycles.